The molecule has 140 valence electrons. The summed E-state index contributed by atoms with van der Waals surface area (Å²) in [6.45, 7) is 9.95. The molecule has 0 fully saturated rings. The van der Waals surface area contributed by atoms with Gasteiger partial charge in [-0.2, -0.15) is 0 Å². The molecule has 2 heterocycles. The van der Waals surface area contributed by atoms with Gasteiger partial charge in [-0.3, -0.25) is 4.79 Å². The van der Waals surface area contributed by atoms with Gasteiger partial charge in [0, 0.05) is 17.5 Å². The summed E-state index contributed by atoms with van der Waals surface area (Å²) in [6, 6.07) is 3.93. The van der Waals surface area contributed by atoms with Crippen molar-refractivity contribution >= 4 is 16.9 Å². The summed E-state index contributed by atoms with van der Waals surface area (Å²) in [6.07, 6.45) is 2.74. The van der Waals surface area contributed by atoms with Crippen LogP contribution in [-0.4, -0.2) is 17.6 Å². The van der Waals surface area contributed by atoms with Crippen molar-refractivity contribution in [1.82, 2.24) is 5.32 Å². The van der Waals surface area contributed by atoms with Gasteiger partial charge in [0.15, 0.2) is 0 Å². The summed E-state index contributed by atoms with van der Waals surface area (Å²) in [4.78, 5) is 24.7. The summed E-state index contributed by atoms with van der Waals surface area (Å²) in [5.74, 6) is 0.621. The van der Waals surface area contributed by atoms with Crippen LogP contribution in [0, 0.1) is 6.92 Å². The minimum absolute atomic E-state index is 0.0368. The Kier molecular flexibility index (Phi) is 4.82. The molecule has 1 amide bonds. The monoisotopic (exact) mass is 357 g/mol. The van der Waals surface area contributed by atoms with Gasteiger partial charge in [0.25, 0.3) is 0 Å². The highest BCUT2D eigenvalue weighted by Crippen LogP contribution is 2.36. The van der Waals surface area contributed by atoms with E-state index in [-0.39, 0.29) is 24.0 Å². The zero-order valence-corrected chi connectivity index (χ0v) is 16.2. The number of aryl methyl sites for hydroxylation is 2. The number of carbonyl (C=O) groups is 1. The first-order chi connectivity index (χ1) is 12.2. The van der Waals surface area contributed by atoms with Gasteiger partial charge in [0.2, 0.25) is 5.91 Å². The predicted molar refractivity (Wildman–Crippen MR) is 102 cm³/mol. The van der Waals surface area contributed by atoms with E-state index in [9.17, 15) is 9.59 Å². The average molecular weight is 357 g/mol. The molecule has 2 aromatic rings. The lowest BCUT2D eigenvalue weighted by Gasteiger charge is -2.32. The fraction of sp³-hybridized carbons (Fsp3) is 0.524. The van der Waals surface area contributed by atoms with Crippen LogP contribution in [0.5, 0.6) is 5.75 Å². The topological polar surface area (TPSA) is 68.5 Å². The quantitative estimate of drug-likeness (QED) is 0.848. The molecule has 1 aromatic heterocycles. The Morgan fingerprint density at radius 2 is 2.08 bits per heavy atom. The van der Waals surface area contributed by atoms with Crippen LogP contribution in [0.25, 0.3) is 11.0 Å². The molecule has 3 rings (SSSR count). The Morgan fingerprint density at radius 3 is 2.77 bits per heavy atom. The highest BCUT2D eigenvalue weighted by molar-refractivity contribution is 5.86. The molecule has 5 heteroatoms. The Balaban J connectivity index is 2.00. The third-order valence-corrected chi connectivity index (χ3v) is 5.21. The molecule has 1 atom stereocenters. The summed E-state index contributed by atoms with van der Waals surface area (Å²) >= 11 is 0. The fourth-order valence-corrected chi connectivity index (χ4v) is 3.33. The normalized spacial score (nSPS) is 16.7. The van der Waals surface area contributed by atoms with Crippen LogP contribution in [0.2, 0.25) is 0 Å². The third kappa shape index (κ3) is 3.62. The summed E-state index contributed by atoms with van der Waals surface area (Å²) in [5, 5.41) is 3.77. The van der Waals surface area contributed by atoms with E-state index in [1.54, 1.807) is 0 Å². The first-order valence-corrected chi connectivity index (χ1v) is 9.28. The van der Waals surface area contributed by atoms with Crippen LogP contribution in [0.15, 0.2) is 21.3 Å². The van der Waals surface area contributed by atoms with Gasteiger partial charge in [0.1, 0.15) is 16.9 Å². The highest BCUT2D eigenvalue weighted by Gasteiger charge is 2.27. The standard InChI is InChI=1S/C21H27NO4/c1-6-12(2)22-19(23)10-16-13(3)15-9-14-7-8-21(4,5)26-17(14)11-18(15)25-20(16)24/h9,11-12H,6-8,10H2,1-5H3,(H,22,23)/t12-/m0/s1. The second kappa shape index (κ2) is 6.78. The molecule has 0 spiro atoms. The molecule has 0 unspecified atom stereocenters. The van der Waals surface area contributed by atoms with Crippen LogP contribution in [-0.2, 0) is 17.6 Å². The van der Waals surface area contributed by atoms with E-state index in [0.29, 0.717) is 11.1 Å². The number of amides is 1. The third-order valence-electron chi connectivity index (χ3n) is 5.21. The van der Waals surface area contributed by atoms with Crippen molar-refractivity contribution < 1.29 is 13.9 Å². The van der Waals surface area contributed by atoms with Crippen molar-refractivity contribution in [1.29, 1.82) is 0 Å². The minimum atomic E-state index is -0.454. The van der Waals surface area contributed by atoms with Gasteiger partial charge < -0.3 is 14.5 Å². The summed E-state index contributed by atoms with van der Waals surface area (Å²) in [5.41, 5.74) is 2.19. The number of rotatable bonds is 4. The van der Waals surface area contributed by atoms with E-state index in [1.165, 1.54) is 0 Å². The lowest BCUT2D eigenvalue weighted by molar-refractivity contribution is -0.121. The van der Waals surface area contributed by atoms with E-state index in [1.807, 2.05) is 32.9 Å². The Hall–Kier alpha value is -2.30. The van der Waals surface area contributed by atoms with Gasteiger partial charge in [-0.05, 0) is 64.2 Å². The number of hydrogen-bond donors (Lipinski definition) is 1. The van der Waals surface area contributed by atoms with Gasteiger partial charge in [-0.1, -0.05) is 6.92 Å². The molecule has 1 aliphatic heterocycles. The summed E-state index contributed by atoms with van der Waals surface area (Å²) < 4.78 is 11.6. The molecule has 0 saturated carbocycles. The number of hydrogen-bond acceptors (Lipinski definition) is 4. The molecule has 1 aliphatic rings. The maximum Gasteiger partial charge on any atom is 0.340 e. The number of ether oxygens (including phenoxy) is 1. The first-order valence-electron chi connectivity index (χ1n) is 9.28. The largest absolute Gasteiger partial charge is 0.487 e. The molecular weight excluding hydrogens is 330 g/mol. The maximum atomic E-state index is 12.5. The van der Waals surface area contributed by atoms with Crippen LogP contribution in [0.1, 0.15) is 57.2 Å². The van der Waals surface area contributed by atoms with Crippen LogP contribution in [0.4, 0.5) is 0 Å². The molecule has 0 radical (unpaired) electrons. The molecule has 1 aromatic carbocycles. The minimum Gasteiger partial charge on any atom is -0.487 e. The lowest BCUT2D eigenvalue weighted by Crippen LogP contribution is -2.34. The van der Waals surface area contributed by atoms with Crippen LogP contribution < -0.4 is 15.7 Å². The number of nitrogens with one attached hydrogen (secondary N) is 1. The zero-order chi connectivity index (χ0) is 19.1. The van der Waals surface area contributed by atoms with Gasteiger partial charge in [-0.15, -0.1) is 0 Å². The molecule has 0 saturated heterocycles. The molecular formula is C21H27NO4. The number of carbonyl (C=O) groups excluding carboxylic acids is 1. The number of benzene rings is 1. The summed E-state index contributed by atoms with van der Waals surface area (Å²) in [7, 11) is 0. The maximum absolute atomic E-state index is 12.5. The smallest absolute Gasteiger partial charge is 0.340 e. The van der Waals surface area contributed by atoms with Gasteiger partial charge in [-0.25, -0.2) is 4.79 Å². The highest BCUT2D eigenvalue weighted by atomic mass is 16.5. The van der Waals surface area contributed by atoms with E-state index >= 15 is 0 Å². The first kappa shape index (κ1) is 18.5. The second-order valence-electron chi connectivity index (χ2n) is 7.86. The molecule has 1 N–H and O–H groups in total. The van der Waals surface area contributed by atoms with E-state index in [0.717, 1.165) is 41.5 Å². The molecule has 0 bridgehead atoms. The van der Waals surface area contributed by atoms with E-state index in [4.69, 9.17) is 9.15 Å². The van der Waals surface area contributed by atoms with Crippen molar-refractivity contribution in [3.8, 4) is 5.75 Å². The van der Waals surface area contributed by atoms with Gasteiger partial charge in [0.05, 0.1) is 12.0 Å². The molecule has 26 heavy (non-hydrogen) atoms. The second-order valence-corrected chi connectivity index (χ2v) is 7.86. The predicted octanol–water partition coefficient (Wildman–Crippen LogP) is 3.66. The van der Waals surface area contributed by atoms with Gasteiger partial charge >= 0.3 is 5.63 Å². The van der Waals surface area contributed by atoms with Crippen molar-refractivity contribution in [2.24, 2.45) is 0 Å². The number of fused-ring (bicyclic) bond motifs is 2. The van der Waals surface area contributed by atoms with Crippen LogP contribution >= 0.6 is 0 Å². The van der Waals surface area contributed by atoms with E-state index in [2.05, 4.69) is 19.2 Å². The van der Waals surface area contributed by atoms with E-state index < -0.39 is 5.63 Å². The molecule has 0 aliphatic carbocycles. The van der Waals surface area contributed by atoms with Crippen molar-refractivity contribution in [2.75, 3.05) is 0 Å². The fourth-order valence-electron chi connectivity index (χ4n) is 3.33. The molecule has 5 nitrogen and oxygen atoms in total. The van der Waals surface area contributed by atoms with Crippen molar-refractivity contribution in [2.45, 2.75) is 71.9 Å². The van der Waals surface area contributed by atoms with Crippen LogP contribution in [0.3, 0.4) is 0 Å². The lowest BCUT2D eigenvalue weighted by atomic mass is 9.92. The van der Waals surface area contributed by atoms with Crippen molar-refractivity contribution in [3.05, 3.63) is 39.2 Å². The Morgan fingerprint density at radius 1 is 1.35 bits per heavy atom. The Labute approximate surface area is 153 Å². The SMILES string of the molecule is CC[C@H](C)NC(=O)Cc1c(C)c2cc3c(cc2oc1=O)OC(C)(C)CC3. The average Bonchev–Trinajstić information content (AvgIpc) is 2.56. The Bertz CT molecular complexity index is 910. The van der Waals surface area contributed by atoms with Crippen molar-refractivity contribution in [3.63, 3.8) is 0 Å². The zero-order valence-electron chi connectivity index (χ0n) is 16.2.